The lowest BCUT2D eigenvalue weighted by molar-refractivity contribution is -0.135. The van der Waals surface area contributed by atoms with Crippen LogP contribution in [0.2, 0.25) is 0 Å². The molecule has 2 saturated heterocycles. The summed E-state index contributed by atoms with van der Waals surface area (Å²) >= 11 is 1.76. The fourth-order valence-electron chi connectivity index (χ4n) is 3.57. The molecule has 3 heterocycles. The molecule has 23 heavy (non-hydrogen) atoms. The van der Waals surface area contributed by atoms with E-state index in [0.717, 1.165) is 45.6 Å². The Morgan fingerprint density at radius 3 is 3.04 bits per heavy atom. The normalized spacial score (nSPS) is 26.1. The minimum absolute atomic E-state index is 0.207. The van der Waals surface area contributed by atoms with Crippen LogP contribution in [0.25, 0.3) is 0 Å². The van der Waals surface area contributed by atoms with Gasteiger partial charge < -0.3 is 14.5 Å². The molecule has 1 aromatic heterocycles. The summed E-state index contributed by atoms with van der Waals surface area (Å²) in [6.45, 7) is 4.75. The fourth-order valence-corrected chi connectivity index (χ4v) is 4.44. The molecular weight excluding hydrogens is 310 g/mol. The summed E-state index contributed by atoms with van der Waals surface area (Å²) in [7, 11) is 4.12. The van der Waals surface area contributed by atoms with Gasteiger partial charge in [0.1, 0.15) is 0 Å². The van der Waals surface area contributed by atoms with Crippen molar-refractivity contribution in [2.45, 2.75) is 25.0 Å². The molecule has 0 N–H and O–H groups in total. The van der Waals surface area contributed by atoms with Crippen LogP contribution in [-0.2, 0) is 9.53 Å². The van der Waals surface area contributed by atoms with Crippen LogP contribution in [0.1, 0.15) is 23.8 Å². The maximum Gasteiger partial charge on any atom is 0.237 e. The van der Waals surface area contributed by atoms with Gasteiger partial charge in [0, 0.05) is 31.1 Å². The maximum atomic E-state index is 12.8. The Morgan fingerprint density at radius 2 is 2.30 bits per heavy atom. The van der Waals surface area contributed by atoms with Crippen molar-refractivity contribution < 1.29 is 9.53 Å². The summed E-state index contributed by atoms with van der Waals surface area (Å²) in [5.74, 6) is 0.270. The van der Waals surface area contributed by atoms with Crippen LogP contribution in [0.3, 0.4) is 0 Å². The van der Waals surface area contributed by atoms with Crippen molar-refractivity contribution in [2.24, 2.45) is 0 Å². The number of likely N-dealkylation sites (N-methyl/N-ethyl adjacent to an activating group) is 1. The standard InChI is InChI=1S/C17H27N3O2S/c1-18(2)11-14-12-19(8-9-22-14)13-17(21)20-7-3-5-15(20)16-6-4-10-23-16/h4,6,10,14-15H,3,5,7-9,11-13H2,1-2H3/t14-,15-/m0/s1. The summed E-state index contributed by atoms with van der Waals surface area (Å²) in [6, 6.07) is 4.53. The maximum absolute atomic E-state index is 12.8. The van der Waals surface area contributed by atoms with E-state index in [-0.39, 0.29) is 12.0 Å². The molecule has 6 heteroatoms. The summed E-state index contributed by atoms with van der Waals surface area (Å²) in [5.41, 5.74) is 0. The van der Waals surface area contributed by atoms with Crippen LogP contribution >= 0.6 is 11.3 Å². The Bertz CT molecular complexity index is 506. The van der Waals surface area contributed by atoms with E-state index < -0.39 is 0 Å². The predicted octanol–water partition coefficient (Wildman–Crippen LogP) is 1.67. The number of amides is 1. The highest BCUT2D eigenvalue weighted by atomic mass is 32.1. The lowest BCUT2D eigenvalue weighted by atomic mass is 10.2. The van der Waals surface area contributed by atoms with E-state index in [1.807, 2.05) is 0 Å². The Balaban J connectivity index is 1.56. The van der Waals surface area contributed by atoms with E-state index in [1.54, 1.807) is 11.3 Å². The van der Waals surface area contributed by atoms with E-state index in [0.29, 0.717) is 12.6 Å². The number of likely N-dealkylation sites (tertiary alicyclic amines) is 1. The second-order valence-electron chi connectivity index (χ2n) is 6.75. The Morgan fingerprint density at radius 1 is 1.43 bits per heavy atom. The van der Waals surface area contributed by atoms with Gasteiger partial charge in [-0.15, -0.1) is 11.3 Å². The molecule has 0 saturated carbocycles. The highest BCUT2D eigenvalue weighted by molar-refractivity contribution is 7.10. The smallest absolute Gasteiger partial charge is 0.237 e. The number of carbonyl (C=O) groups is 1. The molecule has 3 rings (SSSR count). The first-order chi connectivity index (χ1) is 11.1. The van der Waals surface area contributed by atoms with Crippen molar-refractivity contribution in [1.29, 1.82) is 0 Å². The molecule has 0 bridgehead atoms. The Hall–Kier alpha value is -0.950. The quantitative estimate of drug-likeness (QED) is 0.819. The van der Waals surface area contributed by atoms with Crippen molar-refractivity contribution in [3.63, 3.8) is 0 Å². The van der Waals surface area contributed by atoms with E-state index in [2.05, 4.69) is 46.3 Å². The van der Waals surface area contributed by atoms with Crippen LogP contribution in [0.4, 0.5) is 0 Å². The SMILES string of the molecule is CN(C)C[C@H]1CN(CC(=O)N2CCC[C@H]2c2cccs2)CCO1. The number of hydrogen-bond donors (Lipinski definition) is 0. The van der Waals surface area contributed by atoms with E-state index in [1.165, 1.54) is 4.88 Å². The molecule has 1 amide bonds. The van der Waals surface area contributed by atoms with E-state index >= 15 is 0 Å². The fraction of sp³-hybridized carbons (Fsp3) is 0.706. The van der Waals surface area contributed by atoms with Gasteiger partial charge >= 0.3 is 0 Å². The highest BCUT2D eigenvalue weighted by Gasteiger charge is 2.32. The van der Waals surface area contributed by atoms with Crippen LogP contribution < -0.4 is 0 Å². The molecule has 128 valence electrons. The average Bonchev–Trinajstić information content (AvgIpc) is 3.18. The monoisotopic (exact) mass is 337 g/mol. The molecular formula is C17H27N3O2S. The van der Waals surface area contributed by atoms with Crippen molar-refractivity contribution in [3.8, 4) is 0 Å². The molecule has 0 radical (unpaired) electrons. The van der Waals surface area contributed by atoms with E-state index in [9.17, 15) is 4.79 Å². The van der Waals surface area contributed by atoms with Gasteiger partial charge in [-0.05, 0) is 38.4 Å². The van der Waals surface area contributed by atoms with Gasteiger partial charge in [-0.2, -0.15) is 0 Å². The molecule has 2 atom stereocenters. The minimum atomic E-state index is 0.207. The third-order valence-corrected chi connectivity index (χ3v) is 5.57. The third kappa shape index (κ3) is 4.32. The zero-order valence-corrected chi connectivity index (χ0v) is 14.9. The van der Waals surface area contributed by atoms with Gasteiger partial charge in [0.25, 0.3) is 0 Å². The first-order valence-electron chi connectivity index (χ1n) is 8.45. The molecule has 1 aromatic rings. The Kier molecular flexibility index (Phi) is 5.69. The molecule has 2 fully saturated rings. The van der Waals surface area contributed by atoms with Crippen molar-refractivity contribution in [3.05, 3.63) is 22.4 Å². The van der Waals surface area contributed by atoms with Crippen LogP contribution in [0.5, 0.6) is 0 Å². The highest BCUT2D eigenvalue weighted by Crippen LogP contribution is 2.34. The first kappa shape index (κ1) is 16.9. The summed E-state index contributed by atoms with van der Waals surface area (Å²) in [6.07, 6.45) is 2.41. The molecule has 2 aliphatic heterocycles. The zero-order chi connectivity index (χ0) is 16.2. The zero-order valence-electron chi connectivity index (χ0n) is 14.1. The Labute approximate surface area is 142 Å². The first-order valence-corrected chi connectivity index (χ1v) is 9.33. The van der Waals surface area contributed by atoms with Gasteiger partial charge in [-0.25, -0.2) is 0 Å². The number of rotatable bonds is 5. The van der Waals surface area contributed by atoms with Crippen LogP contribution in [0.15, 0.2) is 17.5 Å². The predicted molar refractivity (Wildman–Crippen MR) is 92.7 cm³/mol. The minimum Gasteiger partial charge on any atom is -0.374 e. The van der Waals surface area contributed by atoms with Gasteiger partial charge in [0.2, 0.25) is 5.91 Å². The summed E-state index contributed by atoms with van der Waals surface area (Å²) in [5, 5.41) is 2.10. The topological polar surface area (TPSA) is 36.0 Å². The lowest BCUT2D eigenvalue weighted by Gasteiger charge is -2.35. The molecule has 2 aliphatic rings. The number of nitrogens with zero attached hydrogens (tertiary/aromatic N) is 3. The molecule has 0 unspecified atom stereocenters. The molecule has 5 nitrogen and oxygen atoms in total. The molecule has 0 spiro atoms. The number of hydrogen-bond acceptors (Lipinski definition) is 5. The largest absolute Gasteiger partial charge is 0.374 e. The van der Waals surface area contributed by atoms with Crippen molar-refractivity contribution >= 4 is 17.2 Å². The summed E-state index contributed by atoms with van der Waals surface area (Å²) < 4.78 is 5.80. The van der Waals surface area contributed by atoms with Crippen LogP contribution in [0, 0.1) is 0 Å². The molecule has 0 aromatic carbocycles. The van der Waals surface area contributed by atoms with Gasteiger partial charge in [-0.3, -0.25) is 9.69 Å². The number of thiophene rings is 1. The third-order valence-electron chi connectivity index (χ3n) is 4.60. The van der Waals surface area contributed by atoms with E-state index in [4.69, 9.17) is 4.74 Å². The van der Waals surface area contributed by atoms with Gasteiger partial charge in [0.05, 0.1) is 25.3 Å². The second-order valence-corrected chi connectivity index (χ2v) is 7.73. The summed E-state index contributed by atoms with van der Waals surface area (Å²) in [4.78, 5) is 20.6. The van der Waals surface area contributed by atoms with Crippen molar-refractivity contribution in [1.82, 2.24) is 14.7 Å². The lowest BCUT2D eigenvalue weighted by Crippen LogP contribution is -2.50. The average molecular weight is 337 g/mol. The number of carbonyl (C=O) groups excluding carboxylic acids is 1. The second kappa shape index (κ2) is 7.75. The van der Waals surface area contributed by atoms with Gasteiger partial charge in [0.15, 0.2) is 0 Å². The van der Waals surface area contributed by atoms with Crippen molar-refractivity contribution in [2.75, 3.05) is 53.4 Å². The van der Waals surface area contributed by atoms with Gasteiger partial charge in [-0.1, -0.05) is 6.07 Å². The van der Waals surface area contributed by atoms with Crippen LogP contribution in [-0.4, -0.2) is 80.1 Å². The number of morpholine rings is 1. The molecule has 0 aliphatic carbocycles. The number of ether oxygens (including phenoxy) is 1.